The summed E-state index contributed by atoms with van der Waals surface area (Å²) in [7, 11) is -3.88. The summed E-state index contributed by atoms with van der Waals surface area (Å²) in [5.74, 6) is -0.537. The molecular weight excluding hydrogens is 450 g/mol. The van der Waals surface area contributed by atoms with E-state index in [0.29, 0.717) is 24.1 Å². The minimum atomic E-state index is -3.88. The third-order valence-corrected chi connectivity index (χ3v) is 8.24. The molecule has 2 aromatic heterocycles. The van der Waals surface area contributed by atoms with E-state index in [1.807, 2.05) is 6.07 Å². The van der Waals surface area contributed by atoms with Gasteiger partial charge in [0.15, 0.2) is 0 Å². The van der Waals surface area contributed by atoms with Crippen LogP contribution in [0.15, 0.2) is 59.1 Å². The molecule has 1 aliphatic rings. The number of aromatic hydroxyl groups is 1. The number of thiophene rings is 1. The second-order valence-corrected chi connectivity index (χ2v) is 10.4. The molecule has 1 aromatic carbocycles. The molecule has 3 heterocycles. The number of hydrogen-bond donors (Lipinski definition) is 4. The number of amides is 1. The summed E-state index contributed by atoms with van der Waals surface area (Å²) in [5, 5.41) is 17.6. The van der Waals surface area contributed by atoms with E-state index in [-0.39, 0.29) is 28.2 Å². The van der Waals surface area contributed by atoms with Crippen molar-refractivity contribution in [1.29, 1.82) is 5.41 Å². The van der Waals surface area contributed by atoms with Crippen LogP contribution in [0.3, 0.4) is 0 Å². The number of aromatic nitrogens is 1. The molecule has 0 radical (unpaired) electrons. The lowest BCUT2D eigenvalue weighted by atomic mass is 10.1. The first-order chi connectivity index (χ1) is 15.2. The molecule has 0 saturated carbocycles. The van der Waals surface area contributed by atoms with Gasteiger partial charge in [-0.2, -0.15) is 4.72 Å². The van der Waals surface area contributed by atoms with Crippen LogP contribution < -0.4 is 10.5 Å². The largest absolute Gasteiger partial charge is 0.508 e. The second kappa shape index (κ2) is 8.69. The third-order valence-electron chi connectivity index (χ3n) is 5.14. The molecule has 3 aromatic rings. The van der Waals surface area contributed by atoms with Crippen LogP contribution in [0.5, 0.6) is 5.75 Å². The predicted molar refractivity (Wildman–Crippen MR) is 121 cm³/mol. The molecule has 1 fully saturated rings. The zero-order valence-electron chi connectivity index (χ0n) is 16.9. The van der Waals surface area contributed by atoms with E-state index in [1.165, 1.54) is 23.1 Å². The molecule has 0 spiro atoms. The van der Waals surface area contributed by atoms with Gasteiger partial charge in [-0.3, -0.25) is 15.2 Å². The van der Waals surface area contributed by atoms with Gasteiger partial charge in [-0.05, 0) is 42.8 Å². The zero-order valence-corrected chi connectivity index (χ0v) is 18.5. The van der Waals surface area contributed by atoms with Crippen LogP contribution >= 0.6 is 11.3 Å². The van der Waals surface area contributed by atoms with E-state index in [2.05, 4.69) is 9.71 Å². The fourth-order valence-electron chi connectivity index (χ4n) is 3.46. The maximum Gasteiger partial charge on any atom is 0.250 e. The van der Waals surface area contributed by atoms with Crippen LogP contribution in [0.2, 0.25) is 0 Å². The average molecular weight is 472 g/mol. The molecule has 1 aliphatic heterocycles. The fraction of sp³-hybridized carbons (Fsp3) is 0.190. The SMILES string of the molecule is N=C(N)c1ccc(O)c(CN2CC[C@@H](NS(=O)(=O)c3ccc(-c4cccnc4)s3)C2=O)c1. The van der Waals surface area contributed by atoms with Crippen LogP contribution in [-0.4, -0.2) is 47.7 Å². The van der Waals surface area contributed by atoms with Gasteiger partial charge >= 0.3 is 0 Å². The molecular formula is C21H21N5O4S2. The zero-order chi connectivity index (χ0) is 22.9. The van der Waals surface area contributed by atoms with Crippen LogP contribution in [-0.2, 0) is 21.4 Å². The molecule has 0 aliphatic carbocycles. The Hall–Kier alpha value is -3.28. The lowest BCUT2D eigenvalue weighted by molar-refractivity contribution is -0.129. The molecule has 9 nitrogen and oxygen atoms in total. The fourth-order valence-corrected chi connectivity index (χ4v) is 6.00. The first kappa shape index (κ1) is 21.9. The summed E-state index contributed by atoms with van der Waals surface area (Å²) in [5.41, 5.74) is 7.18. The first-order valence-electron chi connectivity index (χ1n) is 9.72. The summed E-state index contributed by atoms with van der Waals surface area (Å²) in [6, 6.07) is 10.4. The van der Waals surface area contributed by atoms with Gasteiger partial charge in [-0.15, -0.1) is 11.3 Å². The van der Waals surface area contributed by atoms with Crippen LogP contribution in [0.1, 0.15) is 17.5 Å². The van der Waals surface area contributed by atoms with Crippen molar-refractivity contribution in [3.63, 3.8) is 0 Å². The highest BCUT2D eigenvalue weighted by atomic mass is 32.2. The number of phenolic OH excluding ortho intramolecular Hbond substituents is 1. The quantitative estimate of drug-likeness (QED) is 0.305. The van der Waals surface area contributed by atoms with Crippen LogP contribution in [0.4, 0.5) is 0 Å². The van der Waals surface area contributed by atoms with Gasteiger partial charge in [0.25, 0.3) is 10.0 Å². The van der Waals surface area contributed by atoms with Gasteiger partial charge in [-0.25, -0.2) is 8.42 Å². The summed E-state index contributed by atoms with van der Waals surface area (Å²) >= 11 is 1.11. The molecule has 32 heavy (non-hydrogen) atoms. The van der Waals surface area contributed by atoms with Gasteiger partial charge in [0.2, 0.25) is 5.91 Å². The van der Waals surface area contributed by atoms with Crippen molar-refractivity contribution >= 4 is 33.1 Å². The highest BCUT2D eigenvalue weighted by Gasteiger charge is 2.35. The van der Waals surface area contributed by atoms with Gasteiger partial charge in [0.05, 0.1) is 0 Å². The number of phenols is 1. The number of nitrogens with one attached hydrogen (secondary N) is 2. The number of rotatable bonds is 7. The first-order valence-corrected chi connectivity index (χ1v) is 12.0. The average Bonchev–Trinajstić information content (AvgIpc) is 3.39. The number of benzene rings is 1. The van der Waals surface area contributed by atoms with E-state index in [4.69, 9.17) is 11.1 Å². The van der Waals surface area contributed by atoms with Crippen LogP contribution in [0, 0.1) is 5.41 Å². The Morgan fingerprint density at radius 1 is 1.31 bits per heavy atom. The van der Waals surface area contributed by atoms with E-state index < -0.39 is 16.1 Å². The predicted octanol–water partition coefficient (Wildman–Crippen LogP) is 1.88. The van der Waals surface area contributed by atoms with Crippen molar-refractivity contribution in [2.24, 2.45) is 5.73 Å². The minimum absolute atomic E-state index is 0.0200. The molecule has 1 amide bonds. The number of nitrogens with two attached hydrogens (primary N) is 1. The van der Waals surface area contributed by atoms with Gasteiger partial charge in [0, 0.05) is 47.1 Å². The molecule has 0 bridgehead atoms. The van der Waals surface area contributed by atoms with Crippen molar-refractivity contribution in [3.05, 3.63) is 66.0 Å². The molecule has 4 rings (SSSR count). The maximum atomic E-state index is 12.9. The molecule has 1 atom stereocenters. The lowest BCUT2D eigenvalue weighted by Gasteiger charge is -2.18. The monoisotopic (exact) mass is 471 g/mol. The number of pyridine rings is 1. The van der Waals surface area contributed by atoms with Gasteiger partial charge in [0.1, 0.15) is 21.8 Å². The second-order valence-electron chi connectivity index (χ2n) is 7.34. The number of hydrogen-bond acceptors (Lipinski definition) is 7. The number of carbonyl (C=O) groups is 1. The number of carbonyl (C=O) groups excluding carboxylic acids is 1. The lowest BCUT2D eigenvalue weighted by Crippen LogP contribution is -2.41. The van der Waals surface area contributed by atoms with Gasteiger partial charge in [-0.1, -0.05) is 6.07 Å². The Kier molecular flexibility index (Phi) is 5.96. The minimum Gasteiger partial charge on any atom is -0.508 e. The highest BCUT2D eigenvalue weighted by Crippen LogP contribution is 2.31. The van der Waals surface area contributed by atoms with Crippen molar-refractivity contribution in [2.75, 3.05) is 6.54 Å². The Balaban J connectivity index is 1.46. The van der Waals surface area contributed by atoms with E-state index in [0.717, 1.165) is 21.8 Å². The van der Waals surface area contributed by atoms with Gasteiger partial charge < -0.3 is 15.7 Å². The summed E-state index contributed by atoms with van der Waals surface area (Å²) in [6.45, 7) is 0.426. The van der Waals surface area contributed by atoms with Crippen molar-refractivity contribution < 1.29 is 18.3 Å². The number of sulfonamides is 1. The summed E-state index contributed by atoms with van der Waals surface area (Å²) < 4.78 is 28.3. The number of likely N-dealkylation sites (tertiary alicyclic amines) is 1. The summed E-state index contributed by atoms with van der Waals surface area (Å²) in [6.07, 6.45) is 3.61. The Morgan fingerprint density at radius 2 is 2.12 bits per heavy atom. The van der Waals surface area contributed by atoms with E-state index >= 15 is 0 Å². The summed E-state index contributed by atoms with van der Waals surface area (Å²) in [4.78, 5) is 19.1. The van der Waals surface area contributed by atoms with E-state index in [1.54, 1.807) is 30.6 Å². The molecule has 166 valence electrons. The Labute approximate surface area is 189 Å². The Morgan fingerprint density at radius 3 is 2.84 bits per heavy atom. The standard InChI is InChI=1S/C21H21N5O4S2/c22-20(23)13-3-4-17(27)15(10-13)12-26-9-7-16(21(26)28)25-32(29,30)19-6-5-18(31-19)14-2-1-8-24-11-14/h1-6,8,10-11,16,25,27H,7,9,12H2,(H3,22,23)/t16-/m1/s1. The topological polar surface area (TPSA) is 149 Å². The molecule has 0 unspecified atom stereocenters. The van der Waals surface area contributed by atoms with E-state index in [9.17, 15) is 18.3 Å². The number of nitrogen functional groups attached to an aromatic ring is 1. The van der Waals surface area contributed by atoms with Crippen molar-refractivity contribution in [1.82, 2.24) is 14.6 Å². The normalized spacial score (nSPS) is 16.4. The number of nitrogens with zero attached hydrogens (tertiary/aromatic N) is 2. The molecule has 11 heteroatoms. The third kappa shape index (κ3) is 4.49. The smallest absolute Gasteiger partial charge is 0.250 e. The Bertz CT molecular complexity index is 1270. The molecule has 1 saturated heterocycles. The highest BCUT2D eigenvalue weighted by molar-refractivity contribution is 7.91. The van der Waals surface area contributed by atoms with Crippen molar-refractivity contribution in [3.8, 4) is 16.2 Å². The molecule has 5 N–H and O–H groups in total. The maximum absolute atomic E-state index is 12.9. The number of amidine groups is 1. The van der Waals surface area contributed by atoms with Crippen LogP contribution in [0.25, 0.3) is 10.4 Å². The van der Waals surface area contributed by atoms with Crippen molar-refractivity contribution in [2.45, 2.75) is 23.2 Å².